The van der Waals surface area contributed by atoms with Crippen LogP contribution in [-0.4, -0.2) is 54.7 Å². The van der Waals surface area contributed by atoms with Gasteiger partial charge in [0, 0.05) is 42.3 Å². The summed E-state index contributed by atoms with van der Waals surface area (Å²) in [6.45, 7) is 13.7. The second-order valence-corrected chi connectivity index (χ2v) is 13.6. The van der Waals surface area contributed by atoms with Crippen LogP contribution in [0.5, 0.6) is 0 Å². The number of fused-ring (bicyclic) bond motifs is 1. The molecule has 0 saturated carbocycles. The third kappa shape index (κ3) is 6.22. The lowest BCUT2D eigenvalue weighted by Crippen LogP contribution is -2.39. The maximum absolute atomic E-state index is 13.3. The summed E-state index contributed by atoms with van der Waals surface area (Å²) in [7, 11) is -3.68. The van der Waals surface area contributed by atoms with E-state index in [4.69, 9.17) is 0 Å². The molecular weight excluding hydrogens is 546 g/mol. The molecule has 0 radical (unpaired) electrons. The first-order valence-corrected chi connectivity index (χ1v) is 16.1. The highest BCUT2D eigenvalue weighted by molar-refractivity contribution is 7.89. The number of carbonyl (C=O) groups is 1. The molecular formula is C33H41N5O3S. The van der Waals surface area contributed by atoms with Crippen LogP contribution in [0.3, 0.4) is 0 Å². The zero-order valence-corrected chi connectivity index (χ0v) is 26.2. The molecule has 42 heavy (non-hydrogen) atoms. The van der Waals surface area contributed by atoms with Crippen molar-refractivity contribution in [2.75, 3.05) is 25.0 Å². The molecule has 1 aliphatic rings. The van der Waals surface area contributed by atoms with Crippen LogP contribution in [0.25, 0.3) is 16.6 Å². The van der Waals surface area contributed by atoms with Gasteiger partial charge in [-0.2, -0.15) is 5.10 Å². The second kappa shape index (κ2) is 11.9. The van der Waals surface area contributed by atoms with Gasteiger partial charge in [0.15, 0.2) is 0 Å². The SMILES string of the molecule is Cc1cc(C)c(S(=O)(=O)NC(C)CNc2cc(C)cc3c2cnn3-c2cccc(C(=O)N3CCCC(C)C3)c2)c(C)c1. The van der Waals surface area contributed by atoms with Crippen molar-refractivity contribution in [2.24, 2.45) is 5.92 Å². The largest absolute Gasteiger partial charge is 0.383 e. The topological polar surface area (TPSA) is 96.3 Å². The van der Waals surface area contributed by atoms with Gasteiger partial charge in [-0.1, -0.05) is 30.7 Å². The van der Waals surface area contributed by atoms with Crippen molar-refractivity contribution in [2.45, 2.75) is 65.3 Å². The summed E-state index contributed by atoms with van der Waals surface area (Å²) >= 11 is 0. The van der Waals surface area contributed by atoms with Crippen molar-refractivity contribution in [1.29, 1.82) is 0 Å². The zero-order chi connectivity index (χ0) is 30.2. The Morgan fingerprint density at radius 1 is 1.05 bits per heavy atom. The third-order valence-electron chi connectivity index (χ3n) is 7.94. The fourth-order valence-corrected chi connectivity index (χ4v) is 7.86. The maximum atomic E-state index is 13.3. The summed E-state index contributed by atoms with van der Waals surface area (Å²) in [5.74, 6) is 0.578. The van der Waals surface area contributed by atoms with Crippen LogP contribution in [0.4, 0.5) is 5.69 Å². The van der Waals surface area contributed by atoms with E-state index in [1.165, 1.54) is 0 Å². The Kier molecular flexibility index (Phi) is 8.44. The number of aryl methyl sites for hydroxylation is 4. The van der Waals surface area contributed by atoms with Crippen LogP contribution in [0.15, 0.2) is 59.6 Å². The molecule has 1 aromatic heterocycles. The predicted octanol–water partition coefficient (Wildman–Crippen LogP) is 5.91. The van der Waals surface area contributed by atoms with Gasteiger partial charge in [0.1, 0.15) is 0 Å². The number of benzene rings is 3. The van der Waals surface area contributed by atoms with Crippen molar-refractivity contribution in [1.82, 2.24) is 19.4 Å². The molecule has 2 atom stereocenters. The number of aromatic nitrogens is 2. The highest BCUT2D eigenvalue weighted by atomic mass is 32.2. The monoisotopic (exact) mass is 587 g/mol. The van der Waals surface area contributed by atoms with E-state index in [-0.39, 0.29) is 11.9 Å². The van der Waals surface area contributed by atoms with Gasteiger partial charge >= 0.3 is 0 Å². The van der Waals surface area contributed by atoms with Crippen LogP contribution in [0.1, 0.15) is 59.3 Å². The first kappa shape index (κ1) is 29.8. The zero-order valence-electron chi connectivity index (χ0n) is 25.4. The molecule has 2 heterocycles. The first-order valence-electron chi connectivity index (χ1n) is 14.6. The van der Waals surface area contributed by atoms with Crippen molar-refractivity contribution < 1.29 is 13.2 Å². The number of anilines is 1. The number of sulfonamides is 1. The fourth-order valence-electron chi connectivity index (χ4n) is 6.17. The predicted molar refractivity (Wildman–Crippen MR) is 169 cm³/mol. The molecule has 1 aliphatic heterocycles. The lowest BCUT2D eigenvalue weighted by Gasteiger charge is -2.31. The smallest absolute Gasteiger partial charge is 0.253 e. The minimum absolute atomic E-state index is 0.0610. The highest BCUT2D eigenvalue weighted by Crippen LogP contribution is 2.28. The van der Waals surface area contributed by atoms with Crippen molar-refractivity contribution in [3.8, 4) is 5.69 Å². The van der Waals surface area contributed by atoms with E-state index < -0.39 is 10.0 Å². The Bertz CT molecular complexity index is 1720. The van der Waals surface area contributed by atoms with Gasteiger partial charge in [0.2, 0.25) is 10.0 Å². The van der Waals surface area contributed by atoms with Gasteiger partial charge in [-0.25, -0.2) is 17.8 Å². The van der Waals surface area contributed by atoms with E-state index in [9.17, 15) is 13.2 Å². The molecule has 222 valence electrons. The number of nitrogens with one attached hydrogen (secondary N) is 2. The first-order chi connectivity index (χ1) is 19.9. The van der Waals surface area contributed by atoms with Crippen molar-refractivity contribution in [3.63, 3.8) is 0 Å². The summed E-state index contributed by atoms with van der Waals surface area (Å²) in [5.41, 5.74) is 6.83. The molecule has 2 N–H and O–H groups in total. The van der Waals surface area contributed by atoms with E-state index in [1.54, 1.807) is 0 Å². The second-order valence-electron chi connectivity index (χ2n) is 12.0. The number of rotatable bonds is 8. The summed E-state index contributed by atoms with van der Waals surface area (Å²) in [5, 5.41) is 9.05. The maximum Gasteiger partial charge on any atom is 0.253 e. The lowest BCUT2D eigenvalue weighted by molar-refractivity contribution is 0.0683. The third-order valence-corrected chi connectivity index (χ3v) is 9.84. The van der Waals surface area contributed by atoms with E-state index in [1.807, 2.05) is 92.9 Å². The molecule has 5 rings (SSSR count). The van der Waals surface area contributed by atoms with Gasteiger partial charge in [-0.3, -0.25) is 4.79 Å². The molecule has 4 aromatic rings. The van der Waals surface area contributed by atoms with Crippen molar-refractivity contribution in [3.05, 3.63) is 82.5 Å². The van der Waals surface area contributed by atoms with Crippen LogP contribution in [-0.2, 0) is 10.0 Å². The summed E-state index contributed by atoms with van der Waals surface area (Å²) < 4.78 is 31.2. The quantitative estimate of drug-likeness (QED) is 0.267. The van der Waals surface area contributed by atoms with Crippen LogP contribution < -0.4 is 10.0 Å². The minimum Gasteiger partial charge on any atom is -0.383 e. The average Bonchev–Trinajstić information content (AvgIpc) is 3.34. The Balaban J connectivity index is 1.35. The van der Waals surface area contributed by atoms with Gasteiger partial charge in [0.05, 0.1) is 22.3 Å². The molecule has 0 spiro atoms. The Labute approximate surface area is 249 Å². The number of likely N-dealkylation sites (tertiary alicyclic amines) is 1. The average molecular weight is 588 g/mol. The normalized spacial score (nSPS) is 16.5. The number of amides is 1. The van der Waals surface area contributed by atoms with E-state index in [0.717, 1.165) is 70.5 Å². The number of hydrogen-bond acceptors (Lipinski definition) is 5. The van der Waals surface area contributed by atoms with Crippen LogP contribution in [0.2, 0.25) is 0 Å². The molecule has 9 heteroatoms. The lowest BCUT2D eigenvalue weighted by atomic mass is 9.99. The number of nitrogens with zero attached hydrogens (tertiary/aromatic N) is 3. The summed E-state index contributed by atoms with van der Waals surface area (Å²) in [6.07, 6.45) is 4.01. The van der Waals surface area contributed by atoms with Gasteiger partial charge in [-0.15, -0.1) is 0 Å². The molecule has 0 bridgehead atoms. The number of piperidine rings is 1. The standard InChI is InChI=1S/C33H41N5O3S/c1-21-9-8-12-37(20-21)33(39)27-10-7-11-28(17-27)38-31-16-23(3)15-30(29(31)19-35-38)34-18-26(6)36-42(40,41)32-24(4)13-22(2)14-25(32)5/h7,10-11,13-17,19,21,26,34,36H,8-9,12,18,20H2,1-6H3. The Hall–Kier alpha value is -3.69. The Morgan fingerprint density at radius 3 is 2.48 bits per heavy atom. The molecule has 0 aliphatic carbocycles. The molecule has 3 aromatic carbocycles. The molecule has 1 fully saturated rings. The summed E-state index contributed by atoms with van der Waals surface area (Å²) in [4.78, 5) is 15.6. The van der Waals surface area contributed by atoms with Crippen molar-refractivity contribution >= 4 is 32.5 Å². The number of hydrogen-bond donors (Lipinski definition) is 2. The van der Waals surface area contributed by atoms with E-state index in [0.29, 0.717) is 22.9 Å². The minimum atomic E-state index is -3.68. The van der Waals surface area contributed by atoms with Gasteiger partial charge < -0.3 is 10.2 Å². The van der Waals surface area contributed by atoms with Gasteiger partial charge in [0.25, 0.3) is 5.91 Å². The van der Waals surface area contributed by atoms with Crippen LogP contribution >= 0.6 is 0 Å². The summed E-state index contributed by atoms with van der Waals surface area (Å²) in [6, 6.07) is 15.2. The van der Waals surface area contributed by atoms with Crippen LogP contribution in [0, 0.1) is 33.6 Å². The molecule has 1 amide bonds. The fraction of sp³-hybridized carbons (Fsp3) is 0.394. The molecule has 8 nitrogen and oxygen atoms in total. The van der Waals surface area contributed by atoms with E-state index >= 15 is 0 Å². The van der Waals surface area contributed by atoms with Gasteiger partial charge in [-0.05, 0) is 100 Å². The molecule has 1 saturated heterocycles. The molecule has 2 unspecified atom stereocenters. The Morgan fingerprint density at radius 2 is 1.76 bits per heavy atom. The highest BCUT2D eigenvalue weighted by Gasteiger charge is 2.24. The van der Waals surface area contributed by atoms with E-state index in [2.05, 4.69) is 28.1 Å². The number of carbonyl (C=O) groups excluding carboxylic acids is 1.